The Morgan fingerprint density at radius 1 is 1.03 bits per heavy atom. The maximum absolute atomic E-state index is 13.2. The van der Waals surface area contributed by atoms with Gasteiger partial charge < -0.3 is 20.4 Å². The third kappa shape index (κ3) is 6.08. The zero-order valence-electron chi connectivity index (χ0n) is 16.3. The van der Waals surface area contributed by atoms with Gasteiger partial charge in [0.1, 0.15) is 0 Å². The minimum Gasteiger partial charge on any atom is -0.367 e. The van der Waals surface area contributed by atoms with Gasteiger partial charge in [0.25, 0.3) is 0 Å². The fourth-order valence-electron chi connectivity index (χ4n) is 3.27. The topological polar surface area (TPSA) is 30.5 Å². The Kier molecular flexibility index (Phi) is 6.97. The summed E-state index contributed by atoms with van der Waals surface area (Å²) < 4.78 is 39.7. The molecule has 0 saturated carbocycles. The Labute approximate surface area is 174 Å². The Morgan fingerprint density at radius 3 is 2.38 bits per heavy atom. The molecule has 0 bridgehead atoms. The van der Waals surface area contributed by atoms with E-state index in [1.807, 2.05) is 37.4 Å². The van der Waals surface area contributed by atoms with Gasteiger partial charge >= 0.3 is 6.18 Å². The third-order valence-corrected chi connectivity index (χ3v) is 5.20. The molecule has 1 fully saturated rings. The number of anilines is 2. The van der Waals surface area contributed by atoms with Crippen LogP contribution < -0.4 is 15.5 Å². The fraction of sp³-hybridized carbons (Fsp3) is 0.381. The Morgan fingerprint density at radius 2 is 1.72 bits per heavy atom. The molecule has 3 rings (SSSR count). The minimum absolute atomic E-state index is 0.315. The summed E-state index contributed by atoms with van der Waals surface area (Å²) in [6, 6.07) is 13.7. The quantitative estimate of drug-likeness (QED) is 0.712. The average Bonchev–Trinajstić information content (AvgIpc) is 2.69. The van der Waals surface area contributed by atoms with Crippen molar-refractivity contribution in [3.8, 4) is 0 Å². The van der Waals surface area contributed by atoms with Gasteiger partial charge in [-0.3, -0.25) is 0 Å². The number of nitrogens with one attached hydrogen (secondary N) is 2. The van der Waals surface area contributed by atoms with E-state index < -0.39 is 11.7 Å². The van der Waals surface area contributed by atoms with Crippen LogP contribution in [0.25, 0.3) is 0 Å². The van der Waals surface area contributed by atoms with Crippen molar-refractivity contribution in [1.29, 1.82) is 0 Å². The van der Waals surface area contributed by atoms with Crippen LogP contribution in [0.1, 0.15) is 11.1 Å². The molecule has 2 aromatic rings. The predicted molar refractivity (Wildman–Crippen MR) is 116 cm³/mol. The van der Waals surface area contributed by atoms with Crippen molar-refractivity contribution in [3.63, 3.8) is 0 Å². The van der Waals surface area contributed by atoms with Gasteiger partial charge in [-0.25, -0.2) is 0 Å². The summed E-state index contributed by atoms with van der Waals surface area (Å²) in [6.07, 6.45) is -3.63. The van der Waals surface area contributed by atoms with Crippen molar-refractivity contribution in [3.05, 3.63) is 59.7 Å². The molecule has 1 saturated heterocycles. The lowest BCUT2D eigenvalue weighted by Crippen LogP contribution is -2.45. The van der Waals surface area contributed by atoms with E-state index in [-0.39, 0.29) is 0 Å². The number of piperazine rings is 1. The van der Waals surface area contributed by atoms with Crippen LogP contribution in [0.3, 0.4) is 0 Å². The van der Waals surface area contributed by atoms with Crippen molar-refractivity contribution >= 4 is 28.7 Å². The minimum atomic E-state index is -4.40. The number of benzene rings is 2. The number of likely N-dealkylation sites (N-methyl/N-ethyl adjacent to an activating group) is 1. The second-order valence-electron chi connectivity index (χ2n) is 7.14. The van der Waals surface area contributed by atoms with Crippen LogP contribution in [0.15, 0.2) is 48.5 Å². The van der Waals surface area contributed by atoms with E-state index in [0.717, 1.165) is 50.4 Å². The van der Waals surface area contributed by atoms with Crippen LogP contribution in [0.2, 0.25) is 0 Å². The number of rotatable bonds is 5. The second-order valence-corrected chi connectivity index (χ2v) is 7.54. The van der Waals surface area contributed by atoms with E-state index in [1.165, 1.54) is 11.6 Å². The number of alkyl halides is 3. The maximum Gasteiger partial charge on any atom is 0.416 e. The Hall–Kier alpha value is -2.32. The van der Waals surface area contributed by atoms with E-state index in [0.29, 0.717) is 17.3 Å². The second kappa shape index (κ2) is 9.45. The maximum atomic E-state index is 13.2. The number of halogens is 3. The first-order valence-electron chi connectivity index (χ1n) is 9.56. The van der Waals surface area contributed by atoms with Crippen molar-refractivity contribution in [1.82, 2.24) is 10.2 Å². The smallest absolute Gasteiger partial charge is 0.367 e. The Balaban J connectivity index is 1.70. The van der Waals surface area contributed by atoms with Crippen LogP contribution in [0, 0.1) is 0 Å². The van der Waals surface area contributed by atoms with Crippen molar-refractivity contribution in [2.75, 3.05) is 50.0 Å². The molecule has 2 N–H and O–H groups in total. The van der Waals surface area contributed by atoms with Gasteiger partial charge in [0.15, 0.2) is 5.11 Å². The van der Waals surface area contributed by atoms with E-state index in [1.54, 1.807) is 0 Å². The third-order valence-electron chi connectivity index (χ3n) is 4.96. The number of nitrogens with zero attached hydrogens (tertiary/aromatic N) is 2. The molecule has 0 radical (unpaired) electrons. The molecule has 4 nitrogen and oxygen atoms in total. The van der Waals surface area contributed by atoms with E-state index >= 15 is 0 Å². The van der Waals surface area contributed by atoms with Crippen LogP contribution in [-0.2, 0) is 12.6 Å². The van der Waals surface area contributed by atoms with Crippen molar-refractivity contribution < 1.29 is 13.2 Å². The fourth-order valence-corrected chi connectivity index (χ4v) is 3.48. The van der Waals surface area contributed by atoms with Crippen molar-refractivity contribution in [2.45, 2.75) is 12.6 Å². The van der Waals surface area contributed by atoms with Gasteiger partial charge in [0.2, 0.25) is 0 Å². The highest BCUT2D eigenvalue weighted by atomic mass is 32.1. The number of thiocarbonyl (C=S) groups is 1. The van der Waals surface area contributed by atoms with E-state index in [9.17, 15) is 13.2 Å². The lowest BCUT2D eigenvalue weighted by Gasteiger charge is -2.35. The first kappa shape index (κ1) is 21.4. The zero-order valence-corrected chi connectivity index (χ0v) is 17.1. The standard InChI is InChI=1S/C21H25F3N4S/c1-27-11-13-28(14-12-27)19-8-7-17(21(22,23)24)15-18(19)26-20(29)25-10-9-16-5-3-2-4-6-16/h2-8,15H,9-14H2,1H3,(H2,25,26,29). The first-order valence-corrected chi connectivity index (χ1v) is 9.97. The van der Waals surface area contributed by atoms with E-state index in [2.05, 4.69) is 20.4 Å². The van der Waals surface area contributed by atoms with Gasteiger partial charge in [-0.2, -0.15) is 13.2 Å². The molecule has 1 aliphatic rings. The molecule has 29 heavy (non-hydrogen) atoms. The molecule has 1 heterocycles. The zero-order chi connectivity index (χ0) is 20.9. The molecular formula is C21H25F3N4S. The molecule has 1 aliphatic heterocycles. The molecule has 2 aromatic carbocycles. The molecule has 8 heteroatoms. The summed E-state index contributed by atoms with van der Waals surface area (Å²) in [5.41, 5.74) is 1.59. The summed E-state index contributed by atoms with van der Waals surface area (Å²) in [4.78, 5) is 4.29. The summed E-state index contributed by atoms with van der Waals surface area (Å²) in [7, 11) is 2.04. The normalized spacial score (nSPS) is 15.2. The van der Waals surface area contributed by atoms with E-state index in [4.69, 9.17) is 12.2 Å². The predicted octanol–water partition coefficient (Wildman–Crippen LogP) is 3.99. The average molecular weight is 423 g/mol. The number of hydrogen-bond acceptors (Lipinski definition) is 3. The summed E-state index contributed by atoms with van der Waals surface area (Å²) >= 11 is 5.34. The van der Waals surface area contributed by atoms with Gasteiger partial charge in [-0.05, 0) is 49.4 Å². The van der Waals surface area contributed by atoms with Gasteiger partial charge in [-0.1, -0.05) is 30.3 Å². The SMILES string of the molecule is CN1CCN(c2ccc(C(F)(F)F)cc2NC(=S)NCCc2ccccc2)CC1. The molecular weight excluding hydrogens is 397 g/mol. The van der Waals surface area contributed by atoms with Crippen LogP contribution >= 0.6 is 12.2 Å². The van der Waals surface area contributed by atoms with Gasteiger partial charge in [-0.15, -0.1) is 0 Å². The molecule has 0 amide bonds. The highest BCUT2D eigenvalue weighted by molar-refractivity contribution is 7.80. The molecule has 0 unspecified atom stereocenters. The summed E-state index contributed by atoms with van der Waals surface area (Å²) in [6.45, 7) is 3.83. The highest BCUT2D eigenvalue weighted by Crippen LogP contribution is 2.35. The lowest BCUT2D eigenvalue weighted by molar-refractivity contribution is -0.137. The van der Waals surface area contributed by atoms with Crippen LogP contribution in [-0.4, -0.2) is 49.8 Å². The van der Waals surface area contributed by atoms with Crippen molar-refractivity contribution in [2.24, 2.45) is 0 Å². The van der Waals surface area contributed by atoms with Gasteiger partial charge in [0, 0.05) is 32.7 Å². The number of hydrogen-bond donors (Lipinski definition) is 2. The Bertz CT molecular complexity index is 818. The molecule has 156 valence electrons. The first-order chi connectivity index (χ1) is 13.8. The molecule has 0 spiro atoms. The summed E-state index contributed by atoms with van der Waals surface area (Å²) in [5.74, 6) is 0. The van der Waals surface area contributed by atoms with Crippen LogP contribution in [0.4, 0.5) is 24.5 Å². The lowest BCUT2D eigenvalue weighted by atomic mass is 10.1. The largest absolute Gasteiger partial charge is 0.416 e. The monoisotopic (exact) mass is 422 g/mol. The molecule has 0 aliphatic carbocycles. The summed E-state index contributed by atoms with van der Waals surface area (Å²) in [5, 5.41) is 6.39. The molecule has 0 atom stereocenters. The highest BCUT2D eigenvalue weighted by Gasteiger charge is 2.31. The molecule has 0 aromatic heterocycles. The van der Waals surface area contributed by atoms with Gasteiger partial charge in [0.05, 0.1) is 16.9 Å². The van der Waals surface area contributed by atoms with Crippen LogP contribution in [0.5, 0.6) is 0 Å².